The van der Waals surface area contributed by atoms with Gasteiger partial charge in [-0.05, 0) is 25.3 Å². The Morgan fingerprint density at radius 3 is 2.75 bits per heavy atom. The Balaban J connectivity index is 1.84. The lowest BCUT2D eigenvalue weighted by molar-refractivity contribution is -0.120. The van der Waals surface area contributed by atoms with E-state index < -0.39 is 0 Å². The Bertz CT molecular complexity index is 348. The van der Waals surface area contributed by atoms with Crippen LogP contribution in [0, 0.1) is 6.92 Å². The molecule has 2 heteroatoms. The summed E-state index contributed by atoms with van der Waals surface area (Å²) in [7, 11) is 0. The number of Topliss-reactive ketones (excluding diaryl/α,β-unsaturated/α-hetero) is 1. The van der Waals surface area contributed by atoms with Gasteiger partial charge >= 0.3 is 0 Å². The number of ether oxygens (including phenoxy) is 1. The molecule has 1 atom stereocenters. The Kier molecular flexibility index (Phi) is 3.73. The minimum atomic E-state index is 0.179. The molecule has 0 amide bonds. The van der Waals surface area contributed by atoms with Crippen LogP contribution < -0.4 is 0 Å². The van der Waals surface area contributed by atoms with Crippen LogP contribution in [-0.4, -0.2) is 18.5 Å². The molecule has 1 aromatic carbocycles. The topological polar surface area (TPSA) is 26.3 Å². The van der Waals surface area contributed by atoms with Crippen LogP contribution in [0.2, 0.25) is 0 Å². The molecule has 1 saturated heterocycles. The van der Waals surface area contributed by atoms with Crippen molar-refractivity contribution in [1.82, 2.24) is 0 Å². The van der Waals surface area contributed by atoms with E-state index in [-0.39, 0.29) is 11.9 Å². The number of hydrogen-bond donors (Lipinski definition) is 0. The van der Waals surface area contributed by atoms with E-state index >= 15 is 0 Å². The summed E-state index contributed by atoms with van der Waals surface area (Å²) >= 11 is 0. The molecule has 0 spiro atoms. The maximum absolute atomic E-state index is 11.8. The van der Waals surface area contributed by atoms with Crippen molar-refractivity contribution < 1.29 is 9.53 Å². The summed E-state index contributed by atoms with van der Waals surface area (Å²) in [6, 6.07) is 8.16. The zero-order valence-electron chi connectivity index (χ0n) is 9.74. The average molecular weight is 218 g/mol. The number of rotatable bonds is 4. The normalized spacial score (nSPS) is 19.9. The number of carbonyl (C=O) groups excluding carboxylic acids is 1. The van der Waals surface area contributed by atoms with Crippen molar-refractivity contribution in [3.63, 3.8) is 0 Å². The van der Waals surface area contributed by atoms with E-state index in [1.165, 1.54) is 5.56 Å². The first-order valence-corrected chi connectivity index (χ1v) is 5.93. The molecule has 0 radical (unpaired) electrons. The largest absolute Gasteiger partial charge is 0.378 e. The molecule has 1 aliphatic rings. The summed E-state index contributed by atoms with van der Waals surface area (Å²) in [5.74, 6) is 0.288. The fourth-order valence-corrected chi connectivity index (χ4v) is 2.07. The van der Waals surface area contributed by atoms with E-state index in [4.69, 9.17) is 4.74 Å². The lowest BCUT2D eigenvalue weighted by Gasteiger charge is -2.08. The SMILES string of the molecule is Cc1ccc(CC(=O)CC2CCCO2)cc1. The van der Waals surface area contributed by atoms with Gasteiger partial charge in [-0.25, -0.2) is 0 Å². The predicted octanol–water partition coefficient (Wildman–Crippen LogP) is 2.68. The van der Waals surface area contributed by atoms with Crippen LogP contribution in [0.3, 0.4) is 0 Å². The van der Waals surface area contributed by atoms with Crippen LogP contribution >= 0.6 is 0 Å². The molecular weight excluding hydrogens is 200 g/mol. The second kappa shape index (κ2) is 5.26. The first-order chi connectivity index (χ1) is 7.74. The number of carbonyl (C=O) groups is 1. The average Bonchev–Trinajstić information content (AvgIpc) is 2.74. The van der Waals surface area contributed by atoms with Crippen LogP contribution in [0.1, 0.15) is 30.4 Å². The number of aryl methyl sites for hydroxylation is 1. The molecule has 0 bridgehead atoms. The molecule has 1 aromatic rings. The molecule has 1 aliphatic heterocycles. The highest BCUT2D eigenvalue weighted by Gasteiger charge is 2.18. The van der Waals surface area contributed by atoms with Gasteiger partial charge in [0.25, 0.3) is 0 Å². The molecule has 16 heavy (non-hydrogen) atoms. The molecule has 0 saturated carbocycles. The third-order valence-corrected chi connectivity index (χ3v) is 3.00. The Morgan fingerprint density at radius 1 is 1.38 bits per heavy atom. The quantitative estimate of drug-likeness (QED) is 0.776. The smallest absolute Gasteiger partial charge is 0.139 e. The first-order valence-electron chi connectivity index (χ1n) is 5.93. The molecule has 86 valence electrons. The monoisotopic (exact) mass is 218 g/mol. The molecule has 1 unspecified atom stereocenters. The van der Waals surface area contributed by atoms with E-state index in [9.17, 15) is 4.79 Å². The molecule has 0 aliphatic carbocycles. The van der Waals surface area contributed by atoms with Crippen LogP contribution in [0.25, 0.3) is 0 Å². The van der Waals surface area contributed by atoms with Gasteiger partial charge in [0.2, 0.25) is 0 Å². The van der Waals surface area contributed by atoms with Gasteiger partial charge in [-0.1, -0.05) is 29.8 Å². The summed E-state index contributed by atoms with van der Waals surface area (Å²) in [6.07, 6.45) is 3.44. The standard InChI is InChI=1S/C14H18O2/c1-11-4-6-12(7-5-11)9-13(15)10-14-3-2-8-16-14/h4-7,14H,2-3,8-10H2,1H3. The molecule has 1 fully saturated rings. The second-order valence-corrected chi connectivity index (χ2v) is 4.54. The van der Waals surface area contributed by atoms with Crippen molar-refractivity contribution in [1.29, 1.82) is 0 Å². The van der Waals surface area contributed by atoms with Crippen molar-refractivity contribution in [3.8, 4) is 0 Å². The number of hydrogen-bond acceptors (Lipinski definition) is 2. The Morgan fingerprint density at radius 2 is 2.12 bits per heavy atom. The van der Waals surface area contributed by atoms with E-state index in [2.05, 4.69) is 19.1 Å². The van der Waals surface area contributed by atoms with E-state index in [0.717, 1.165) is 25.0 Å². The molecule has 0 N–H and O–H groups in total. The number of ketones is 1. The van der Waals surface area contributed by atoms with Gasteiger partial charge in [0.1, 0.15) is 5.78 Å². The van der Waals surface area contributed by atoms with Crippen molar-refractivity contribution in [3.05, 3.63) is 35.4 Å². The summed E-state index contributed by atoms with van der Waals surface area (Å²) in [5.41, 5.74) is 2.34. The van der Waals surface area contributed by atoms with Crippen LogP contribution in [-0.2, 0) is 16.0 Å². The Hall–Kier alpha value is -1.15. The molecule has 2 nitrogen and oxygen atoms in total. The number of benzene rings is 1. The van der Waals surface area contributed by atoms with Crippen molar-refractivity contribution in [2.24, 2.45) is 0 Å². The van der Waals surface area contributed by atoms with Crippen LogP contribution in [0.5, 0.6) is 0 Å². The van der Waals surface area contributed by atoms with E-state index in [1.54, 1.807) is 0 Å². The predicted molar refractivity (Wildman–Crippen MR) is 63.5 cm³/mol. The third kappa shape index (κ3) is 3.17. The minimum absolute atomic E-state index is 0.179. The van der Waals surface area contributed by atoms with Crippen molar-refractivity contribution in [2.75, 3.05) is 6.61 Å². The summed E-state index contributed by atoms with van der Waals surface area (Å²) in [6.45, 7) is 2.88. The highest BCUT2D eigenvalue weighted by molar-refractivity contribution is 5.81. The van der Waals surface area contributed by atoms with E-state index in [0.29, 0.717) is 12.8 Å². The van der Waals surface area contributed by atoms with Gasteiger partial charge in [-0.2, -0.15) is 0 Å². The lowest BCUT2D eigenvalue weighted by atomic mass is 10.0. The molecule has 1 heterocycles. The third-order valence-electron chi connectivity index (χ3n) is 3.00. The highest BCUT2D eigenvalue weighted by atomic mass is 16.5. The van der Waals surface area contributed by atoms with Gasteiger partial charge in [0.15, 0.2) is 0 Å². The Labute approximate surface area is 96.6 Å². The fourth-order valence-electron chi connectivity index (χ4n) is 2.07. The van der Waals surface area contributed by atoms with Crippen molar-refractivity contribution >= 4 is 5.78 Å². The van der Waals surface area contributed by atoms with Crippen molar-refractivity contribution in [2.45, 2.75) is 38.7 Å². The maximum Gasteiger partial charge on any atom is 0.139 e. The minimum Gasteiger partial charge on any atom is -0.378 e. The zero-order chi connectivity index (χ0) is 11.4. The molecular formula is C14H18O2. The highest BCUT2D eigenvalue weighted by Crippen LogP contribution is 2.16. The molecule has 0 aromatic heterocycles. The van der Waals surface area contributed by atoms with Crippen LogP contribution in [0.4, 0.5) is 0 Å². The van der Waals surface area contributed by atoms with Gasteiger partial charge in [-0.15, -0.1) is 0 Å². The fraction of sp³-hybridized carbons (Fsp3) is 0.500. The molecule has 2 rings (SSSR count). The summed E-state index contributed by atoms with van der Waals surface area (Å²) < 4.78 is 5.46. The summed E-state index contributed by atoms with van der Waals surface area (Å²) in [5, 5.41) is 0. The maximum atomic E-state index is 11.8. The first kappa shape index (κ1) is 11.3. The lowest BCUT2D eigenvalue weighted by Crippen LogP contribution is -2.14. The second-order valence-electron chi connectivity index (χ2n) is 4.54. The van der Waals surface area contributed by atoms with Gasteiger partial charge < -0.3 is 4.74 Å². The summed E-state index contributed by atoms with van der Waals surface area (Å²) in [4.78, 5) is 11.8. The van der Waals surface area contributed by atoms with E-state index in [1.807, 2.05) is 12.1 Å². The van der Waals surface area contributed by atoms with Gasteiger partial charge in [-0.3, -0.25) is 4.79 Å². The van der Waals surface area contributed by atoms with Gasteiger partial charge in [0, 0.05) is 19.4 Å². The van der Waals surface area contributed by atoms with Crippen LogP contribution in [0.15, 0.2) is 24.3 Å². The zero-order valence-corrected chi connectivity index (χ0v) is 9.74. The van der Waals surface area contributed by atoms with Gasteiger partial charge in [0.05, 0.1) is 6.10 Å².